The van der Waals surface area contributed by atoms with E-state index >= 15 is 0 Å². The van der Waals surface area contributed by atoms with E-state index in [4.69, 9.17) is 4.74 Å². The van der Waals surface area contributed by atoms with Gasteiger partial charge in [-0.2, -0.15) is 0 Å². The van der Waals surface area contributed by atoms with Gasteiger partial charge < -0.3 is 15.4 Å². The number of hydrogen-bond donors (Lipinski definition) is 2. The van der Waals surface area contributed by atoms with Gasteiger partial charge in [0.25, 0.3) is 0 Å². The second-order valence-corrected chi connectivity index (χ2v) is 5.24. The molecule has 1 aliphatic heterocycles. The van der Waals surface area contributed by atoms with Gasteiger partial charge in [-0.05, 0) is 50.2 Å². The summed E-state index contributed by atoms with van der Waals surface area (Å²) in [6.45, 7) is 1.88. The summed E-state index contributed by atoms with van der Waals surface area (Å²) in [5, 5.41) is 6.25. The number of amides is 1. The highest BCUT2D eigenvalue weighted by atomic mass is 16.5. The second-order valence-electron chi connectivity index (χ2n) is 5.24. The number of carbonyl (C=O) groups excluding carboxylic acids is 2. The molecule has 1 aromatic rings. The molecule has 1 amide bonds. The lowest BCUT2D eigenvalue weighted by Crippen LogP contribution is -2.42. The van der Waals surface area contributed by atoms with Gasteiger partial charge >= 0.3 is 0 Å². The Morgan fingerprint density at radius 3 is 2.48 bits per heavy atom. The predicted octanol–water partition coefficient (Wildman–Crippen LogP) is 1.53. The number of Topliss-reactive ketones (excluding diaryl/α,β-unsaturated/α-hetero) is 1. The number of carbonyl (C=O) groups is 2. The maximum absolute atomic E-state index is 12.0. The van der Waals surface area contributed by atoms with Crippen molar-refractivity contribution < 1.29 is 14.3 Å². The first-order valence-corrected chi connectivity index (χ1v) is 7.36. The van der Waals surface area contributed by atoms with Crippen LogP contribution in [0.5, 0.6) is 5.75 Å². The average molecular weight is 290 g/mol. The molecule has 0 spiro atoms. The van der Waals surface area contributed by atoms with Gasteiger partial charge in [-0.15, -0.1) is 0 Å². The zero-order valence-electron chi connectivity index (χ0n) is 12.4. The summed E-state index contributed by atoms with van der Waals surface area (Å²) < 4.78 is 5.05. The smallest absolute Gasteiger partial charge is 0.220 e. The van der Waals surface area contributed by atoms with Crippen LogP contribution in [0.25, 0.3) is 0 Å². The minimum atomic E-state index is -0.0382. The molecule has 1 aromatic carbocycles. The number of ketones is 1. The zero-order chi connectivity index (χ0) is 15.1. The third-order valence-corrected chi connectivity index (χ3v) is 3.70. The molecule has 2 rings (SSSR count). The fraction of sp³-hybridized carbons (Fsp3) is 0.500. The molecule has 0 radical (unpaired) electrons. The van der Waals surface area contributed by atoms with E-state index in [9.17, 15) is 9.59 Å². The second kappa shape index (κ2) is 7.78. The lowest BCUT2D eigenvalue weighted by atomic mass is 10.0. The first kappa shape index (κ1) is 15.5. The van der Waals surface area contributed by atoms with Crippen LogP contribution in [0, 0.1) is 0 Å². The summed E-state index contributed by atoms with van der Waals surface area (Å²) in [7, 11) is 1.59. The number of piperidine rings is 1. The van der Waals surface area contributed by atoms with Crippen LogP contribution >= 0.6 is 0 Å². The summed E-state index contributed by atoms with van der Waals surface area (Å²) >= 11 is 0. The van der Waals surface area contributed by atoms with Crippen LogP contribution < -0.4 is 15.4 Å². The molecule has 1 heterocycles. The first-order valence-electron chi connectivity index (χ1n) is 7.36. The van der Waals surface area contributed by atoms with Gasteiger partial charge in [0.1, 0.15) is 5.75 Å². The highest BCUT2D eigenvalue weighted by Gasteiger charge is 2.16. The third kappa shape index (κ3) is 4.86. The van der Waals surface area contributed by atoms with Gasteiger partial charge in [0.15, 0.2) is 5.78 Å². The Morgan fingerprint density at radius 2 is 1.86 bits per heavy atom. The van der Waals surface area contributed by atoms with Crippen LogP contribution in [0.15, 0.2) is 24.3 Å². The largest absolute Gasteiger partial charge is 0.497 e. The van der Waals surface area contributed by atoms with Gasteiger partial charge in [0.05, 0.1) is 7.11 Å². The quantitative estimate of drug-likeness (QED) is 0.780. The highest BCUT2D eigenvalue weighted by Crippen LogP contribution is 2.13. The van der Waals surface area contributed by atoms with E-state index in [1.807, 2.05) is 0 Å². The maximum Gasteiger partial charge on any atom is 0.220 e. The summed E-state index contributed by atoms with van der Waals surface area (Å²) in [5.74, 6) is 0.664. The summed E-state index contributed by atoms with van der Waals surface area (Å²) in [5.41, 5.74) is 0.616. The molecule has 5 nitrogen and oxygen atoms in total. The lowest BCUT2D eigenvalue weighted by Gasteiger charge is -2.23. The van der Waals surface area contributed by atoms with Crippen LogP contribution in [0.3, 0.4) is 0 Å². The van der Waals surface area contributed by atoms with Crippen LogP contribution in [-0.4, -0.2) is 37.9 Å². The fourth-order valence-electron chi connectivity index (χ4n) is 2.41. The minimum absolute atomic E-state index is 0.0156. The van der Waals surface area contributed by atoms with Gasteiger partial charge in [-0.1, -0.05) is 0 Å². The summed E-state index contributed by atoms with van der Waals surface area (Å²) in [4.78, 5) is 23.9. The van der Waals surface area contributed by atoms with E-state index in [0.717, 1.165) is 31.7 Å². The molecule has 0 bridgehead atoms. The van der Waals surface area contributed by atoms with Crippen molar-refractivity contribution in [2.45, 2.75) is 31.7 Å². The highest BCUT2D eigenvalue weighted by molar-refractivity contribution is 5.98. The van der Waals surface area contributed by atoms with Crippen molar-refractivity contribution in [3.63, 3.8) is 0 Å². The average Bonchev–Trinajstić information content (AvgIpc) is 2.53. The molecule has 1 saturated heterocycles. The Bertz CT molecular complexity index is 479. The summed E-state index contributed by atoms with van der Waals surface area (Å²) in [6, 6.07) is 7.21. The lowest BCUT2D eigenvalue weighted by molar-refractivity contribution is -0.121. The molecule has 0 aliphatic carbocycles. The number of benzene rings is 1. The van der Waals surface area contributed by atoms with E-state index in [1.54, 1.807) is 31.4 Å². The van der Waals surface area contributed by atoms with E-state index in [-0.39, 0.29) is 30.6 Å². The first-order chi connectivity index (χ1) is 10.2. The van der Waals surface area contributed by atoms with E-state index in [0.29, 0.717) is 5.56 Å². The number of ether oxygens (including phenoxy) is 1. The molecule has 0 unspecified atom stereocenters. The molecular formula is C16H22N2O3. The molecule has 21 heavy (non-hydrogen) atoms. The molecule has 1 aliphatic rings. The van der Waals surface area contributed by atoms with Gasteiger partial charge in [0, 0.05) is 24.4 Å². The molecule has 0 aromatic heterocycles. The molecule has 2 N–H and O–H groups in total. The van der Waals surface area contributed by atoms with Crippen molar-refractivity contribution in [1.82, 2.24) is 10.6 Å². The Kier molecular flexibility index (Phi) is 5.75. The molecule has 0 saturated carbocycles. The van der Waals surface area contributed by atoms with Crippen molar-refractivity contribution in [3.05, 3.63) is 29.8 Å². The molecule has 5 heteroatoms. The van der Waals surface area contributed by atoms with E-state index in [2.05, 4.69) is 10.6 Å². The Labute approximate surface area is 125 Å². The van der Waals surface area contributed by atoms with Crippen molar-refractivity contribution in [1.29, 1.82) is 0 Å². The van der Waals surface area contributed by atoms with Crippen molar-refractivity contribution >= 4 is 11.7 Å². The molecule has 1 fully saturated rings. The maximum atomic E-state index is 12.0. The van der Waals surface area contributed by atoms with Gasteiger partial charge in [-0.25, -0.2) is 0 Å². The Hall–Kier alpha value is -1.88. The molecule has 114 valence electrons. The zero-order valence-corrected chi connectivity index (χ0v) is 12.4. The predicted molar refractivity (Wildman–Crippen MR) is 80.6 cm³/mol. The van der Waals surface area contributed by atoms with E-state index < -0.39 is 0 Å². The summed E-state index contributed by atoms with van der Waals surface area (Å²) in [6.07, 6.45) is 2.40. The van der Waals surface area contributed by atoms with Crippen LogP contribution in [0.1, 0.15) is 36.0 Å². The van der Waals surface area contributed by atoms with E-state index in [1.165, 1.54) is 0 Å². The van der Waals surface area contributed by atoms with Crippen molar-refractivity contribution in [2.75, 3.05) is 20.2 Å². The number of rotatable bonds is 6. The fourth-order valence-corrected chi connectivity index (χ4v) is 2.41. The Morgan fingerprint density at radius 1 is 1.19 bits per heavy atom. The standard InChI is InChI=1S/C16H22N2O3/c1-21-14-4-2-12(3-5-14)15(19)6-7-16(20)18-13-8-10-17-11-9-13/h2-5,13,17H,6-11H2,1H3,(H,18,20). The van der Waals surface area contributed by atoms with Gasteiger partial charge in [-0.3, -0.25) is 9.59 Å². The SMILES string of the molecule is COc1ccc(C(=O)CCC(=O)NC2CCNCC2)cc1. The van der Waals surface area contributed by atoms with Crippen molar-refractivity contribution in [3.8, 4) is 5.75 Å². The number of nitrogens with one attached hydrogen (secondary N) is 2. The van der Waals surface area contributed by atoms with Crippen LogP contribution in [0.2, 0.25) is 0 Å². The monoisotopic (exact) mass is 290 g/mol. The van der Waals surface area contributed by atoms with Gasteiger partial charge in [0.2, 0.25) is 5.91 Å². The molecular weight excluding hydrogens is 268 g/mol. The third-order valence-electron chi connectivity index (χ3n) is 3.70. The number of methoxy groups -OCH3 is 1. The number of hydrogen-bond acceptors (Lipinski definition) is 4. The van der Waals surface area contributed by atoms with Crippen LogP contribution in [0.4, 0.5) is 0 Å². The van der Waals surface area contributed by atoms with Crippen molar-refractivity contribution in [2.24, 2.45) is 0 Å². The Balaban J connectivity index is 1.75. The molecule has 0 atom stereocenters. The topological polar surface area (TPSA) is 67.4 Å². The minimum Gasteiger partial charge on any atom is -0.497 e. The van der Waals surface area contributed by atoms with Crippen LogP contribution in [-0.2, 0) is 4.79 Å². The normalized spacial score (nSPS) is 15.5.